The molecule has 1 fully saturated rings. The normalized spacial score (nSPS) is 14.4. The Morgan fingerprint density at radius 3 is 2.41 bits per heavy atom. The number of hydrogen-bond donors (Lipinski definition) is 3. The maximum Gasteiger partial charge on any atom is 0.251 e. The van der Waals surface area contributed by atoms with Gasteiger partial charge in [-0.15, -0.1) is 0 Å². The van der Waals surface area contributed by atoms with Gasteiger partial charge >= 0.3 is 0 Å². The van der Waals surface area contributed by atoms with Gasteiger partial charge in [0.05, 0.1) is 0 Å². The topological polar surface area (TPSA) is 70.2 Å². The highest BCUT2D eigenvalue weighted by Crippen LogP contribution is 2.27. The summed E-state index contributed by atoms with van der Waals surface area (Å²) in [7, 11) is 1.59. The molecule has 0 aromatic heterocycles. The van der Waals surface area contributed by atoms with Gasteiger partial charge in [0.1, 0.15) is 0 Å². The van der Waals surface area contributed by atoms with Crippen molar-refractivity contribution in [1.82, 2.24) is 10.6 Å². The maximum atomic E-state index is 11.9. The zero-order chi connectivity index (χ0) is 15.9. The summed E-state index contributed by atoms with van der Waals surface area (Å²) in [6.07, 6.45) is 5.25. The van der Waals surface area contributed by atoms with Crippen LogP contribution in [-0.2, 0) is 4.79 Å². The summed E-state index contributed by atoms with van der Waals surface area (Å²) in [6, 6.07) is 6.90. The lowest BCUT2D eigenvalue weighted by Gasteiger charge is -2.12. The van der Waals surface area contributed by atoms with Gasteiger partial charge in [0, 0.05) is 24.7 Å². The molecule has 22 heavy (non-hydrogen) atoms. The Bertz CT molecular complexity index is 551. The number of thiocarbonyl (C=S) groups is 1. The van der Waals surface area contributed by atoms with Gasteiger partial charge in [-0.05, 0) is 55.2 Å². The fourth-order valence-corrected chi connectivity index (χ4v) is 2.90. The third-order valence-electron chi connectivity index (χ3n) is 3.83. The van der Waals surface area contributed by atoms with Gasteiger partial charge < -0.3 is 16.0 Å². The van der Waals surface area contributed by atoms with E-state index in [4.69, 9.17) is 12.2 Å². The lowest BCUT2D eigenvalue weighted by molar-refractivity contribution is -0.120. The molecule has 2 amide bonds. The number of rotatable bonds is 4. The van der Waals surface area contributed by atoms with Crippen molar-refractivity contribution >= 4 is 34.8 Å². The molecule has 1 aliphatic rings. The van der Waals surface area contributed by atoms with Crippen LogP contribution < -0.4 is 16.0 Å². The molecule has 1 aliphatic carbocycles. The van der Waals surface area contributed by atoms with Crippen molar-refractivity contribution in [1.29, 1.82) is 0 Å². The van der Waals surface area contributed by atoms with Crippen molar-refractivity contribution in [2.45, 2.75) is 32.1 Å². The minimum atomic E-state index is -0.140. The van der Waals surface area contributed by atoms with Crippen molar-refractivity contribution in [3.05, 3.63) is 29.8 Å². The molecular formula is C16H21N3O2S. The van der Waals surface area contributed by atoms with Crippen LogP contribution in [-0.4, -0.2) is 24.0 Å². The highest BCUT2D eigenvalue weighted by Gasteiger charge is 2.18. The van der Waals surface area contributed by atoms with Gasteiger partial charge in [-0.1, -0.05) is 12.8 Å². The lowest BCUT2D eigenvalue weighted by atomic mass is 10.0. The van der Waals surface area contributed by atoms with Crippen LogP contribution in [0.15, 0.2) is 24.3 Å². The predicted molar refractivity (Wildman–Crippen MR) is 90.8 cm³/mol. The molecule has 0 heterocycles. The van der Waals surface area contributed by atoms with Crippen molar-refractivity contribution in [3.63, 3.8) is 0 Å². The van der Waals surface area contributed by atoms with E-state index in [1.807, 2.05) is 0 Å². The third-order valence-corrected chi connectivity index (χ3v) is 4.04. The van der Waals surface area contributed by atoms with Crippen LogP contribution in [0.4, 0.5) is 5.69 Å². The highest BCUT2D eigenvalue weighted by atomic mass is 32.1. The summed E-state index contributed by atoms with van der Waals surface area (Å²) < 4.78 is 0. The molecule has 0 unspecified atom stereocenters. The molecule has 5 nitrogen and oxygen atoms in total. The molecule has 0 radical (unpaired) electrons. The second-order valence-corrected chi connectivity index (χ2v) is 5.92. The highest BCUT2D eigenvalue weighted by molar-refractivity contribution is 7.80. The van der Waals surface area contributed by atoms with E-state index in [1.165, 1.54) is 12.8 Å². The number of hydrogen-bond acceptors (Lipinski definition) is 3. The molecule has 1 aromatic carbocycles. The summed E-state index contributed by atoms with van der Waals surface area (Å²) in [5, 5.41) is 8.50. The van der Waals surface area contributed by atoms with Crippen molar-refractivity contribution in [3.8, 4) is 0 Å². The Kier molecular flexibility index (Phi) is 5.89. The number of amides is 2. The smallest absolute Gasteiger partial charge is 0.251 e. The number of carbonyl (C=O) groups excluding carboxylic acids is 2. The summed E-state index contributed by atoms with van der Waals surface area (Å²) >= 11 is 5.14. The van der Waals surface area contributed by atoms with Crippen molar-refractivity contribution < 1.29 is 9.59 Å². The quantitative estimate of drug-likeness (QED) is 0.746. The SMILES string of the molecule is CNC(=O)c1ccc(NC(=S)NC(=O)CC2CCCC2)cc1. The number of anilines is 1. The molecule has 6 heteroatoms. The molecule has 0 aliphatic heterocycles. The fraction of sp³-hybridized carbons (Fsp3) is 0.438. The van der Waals surface area contributed by atoms with E-state index in [2.05, 4.69) is 16.0 Å². The van der Waals surface area contributed by atoms with E-state index in [1.54, 1.807) is 31.3 Å². The Balaban J connectivity index is 1.80. The number of benzene rings is 1. The molecule has 1 saturated carbocycles. The summed E-state index contributed by atoms with van der Waals surface area (Å²) in [4.78, 5) is 23.3. The summed E-state index contributed by atoms with van der Waals surface area (Å²) in [5.74, 6) is 0.319. The predicted octanol–water partition coefficient (Wildman–Crippen LogP) is 2.44. The molecule has 118 valence electrons. The van der Waals surface area contributed by atoms with Crippen molar-refractivity contribution in [2.75, 3.05) is 12.4 Å². The third kappa shape index (κ3) is 4.80. The van der Waals surface area contributed by atoms with Crippen LogP contribution in [0, 0.1) is 5.92 Å². The molecule has 0 bridgehead atoms. The largest absolute Gasteiger partial charge is 0.355 e. The maximum absolute atomic E-state index is 11.9. The first-order valence-corrected chi connectivity index (χ1v) is 7.92. The molecule has 2 rings (SSSR count). The average Bonchev–Trinajstić information content (AvgIpc) is 2.99. The Morgan fingerprint density at radius 2 is 1.82 bits per heavy atom. The molecule has 0 saturated heterocycles. The van der Waals surface area contributed by atoms with Crippen LogP contribution in [0.5, 0.6) is 0 Å². The van der Waals surface area contributed by atoms with Crippen LogP contribution in [0.1, 0.15) is 42.5 Å². The van der Waals surface area contributed by atoms with Gasteiger partial charge in [0.25, 0.3) is 5.91 Å². The second kappa shape index (κ2) is 7.89. The zero-order valence-corrected chi connectivity index (χ0v) is 13.5. The average molecular weight is 319 g/mol. The number of nitrogens with one attached hydrogen (secondary N) is 3. The van der Waals surface area contributed by atoms with E-state index in [0.29, 0.717) is 17.9 Å². The van der Waals surface area contributed by atoms with Gasteiger partial charge in [0.2, 0.25) is 5.91 Å². The van der Waals surface area contributed by atoms with Crippen LogP contribution in [0.3, 0.4) is 0 Å². The minimum absolute atomic E-state index is 0.0358. The van der Waals surface area contributed by atoms with Crippen LogP contribution in [0.25, 0.3) is 0 Å². The summed E-state index contributed by atoms with van der Waals surface area (Å²) in [6.45, 7) is 0. The van der Waals surface area contributed by atoms with Crippen LogP contribution in [0.2, 0.25) is 0 Å². The van der Waals surface area contributed by atoms with E-state index in [-0.39, 0.29) is 16.9 Å². The van der Waals surface area contributed by atoms with E-state index < -0.39 is 0 Å². The Morgan fingerprint density at radius 1 is 1.18 bits per heavy atom. The fourth-order valence-electron chi connectivity index (χ4n) is 2.67. The van der Waals surface area contributed by atoms with Gasteiger partial charge in [-0.3, -0.25) is 9.59 Å². The van der Waals surface area contributed by atoms with Gasteiger partial charge in [0.15, 0.2) is 5.11 Å². The van der Waals surface area contributed by atoms with Crippen molar-refractivity contribution in [2.24, 2.45) is 5.92 Å². The standard InChI is InChI=1S/C16H21N3O2S/c1-17-15(21)12-6-8-13(9-7-12)18-16(22)19-14(20)10-11-4-2-3-5-11/h6-9,11H,2-5,10H2,1H3,(H,17,21)(H2,18,19,20,22). The van der Waals surface area contributed by atoms with E-state index >= 15 is 0 Å². The monoisotopic (exact) mass is 319 g/mol. The Labute approximate surface area is 135 Å². The molecule has 1 aromatic rings. The summed E-state index contributed by atoms with van der Waals surface area (Å²) in [5.41, 5.74) is 1.31. The molecule has 3 N–H and O–H groups in total. The molecule has 0 spiro atoms. The number of carbonyl (C=O) groups is 2. The first-order chi connectivity index (χ1) is 10.6. The first-order valence-electron chi connectivity index (χ1n) is 7.51. The van der Waals surface area contributed by atoms with Gasteiger partial charge in [-0.2, -0.15) is 0 Å². The van der Waals surface area contributed by atoms with E-state index in [0.717, 1.165) is 18.5 Å². The van der Waals surface area contributed by atoms with Crippen LogP contribution >= 0.6 is 12.2 Å². The van der Waals surface area contributed by atoms with E-state index in [9.17, 15) is 9.59 Å². The second-order valence-electron chi connectivity index (χ2n) is 5.51. The Hall–Kier alpha value is -1.95. The minimum Gasteiger partial charge on any atom is -0.355 e. The lowest BCUT2D eigenvalue weighted by Crippen LogP contribution is -2.34. The first kappa shape index (κ1) is 16.4. The molecule has 0 atom stereocenters. The molecular weight excluding hydrogens is 298 g/mol. The van der Waals surface area contributed by atoms with Gasteiger partial charge in [-0.25, -0.2) is 0 Å². The zero-order valence-electron chi connectivity index (χ0n) is 12.6.